The zero-order chi connectivity index (χ0) is 19.4. The summed E-state index contributed by atoms with van der Waals surface area (Å²) in [5.74, 6) is -0.340. The van der Waals surface area contributed by atoms with E-state index in [1.807, 2.05) is 13.8 Å². The Labute approximate surface area is 150 Å². The van der Waals surface area contributed by atoms with E-state index in [2.05, 4.69) is 0 Å². The molecule has 8 nitrogen and oxygen atoms in total. The van der Waals surface area contributed by atoms with Gasteiger partial charge >= 0.3 is 0 Å². The van der Waals surface area contributed by atoms with E-state index < -0.39 is 15.0 Å². The third-order valence-electron chi connectivity index (χ3n) is 4.59. The van der Waals surface area contributed by atoms with Crippen molar-refractivity contribution < 1.29 is 22.7 Å². The Balaban J connectivity index is 2.33. The van der Waals surface area contributed by atoms with Crippen LogP contribution in [-0.4, -0.2) is 28.2 Å². The Kier molecular flexibility index (Phi) is 4.04. The van der Waals surface area contributed by atoms with Gasteiger partial charge in [0.2, 0.25) is 0 Å². The Hall–Kier alpha value is -2.52. The van der Waals surface area contributed by atoms with E-state index in [4.69, 9.17) is 0 Å². The van der Waals surface area contributed by atoms with E-state index in [0.29, 0.717) is 17.8 Å². The van der Waals surface area contributed by atoms with Gasteiger partial charge in [0.1, 0.15) is 4.90 Å². The number of carbonyl (C=O) groups is 1. The number of carbonyl (C=O) groups excluding carboxylic acids is 1. The summed E-state index contributed by atoms with van der Waals surface area (Å²) in [6.45, 7) is 5.32. The third-order valence-corrected chi connectivity index (χ3v) is 5.61. The highest BCUT2D eigenvalue weighted by molar-refractivity contribution is 7.86. The van der Waals surface area contributed by atoms with Crippen molar-refractivity contribution in [2.45, 2.75) is 38.5 Å². The second-order valence-electron chi connectivity index (χ2n) is 7.26. The predicted molar refractivity (Wildman–Crippen MR) is 93.4 cm³/mol. The number of Topliss-reactive ketones (excluding diaryl/α,β-unsaturated/α-hetero) is 1. The van der Waals surface area contributed by atoms with Crippen LogP contribution in [0, 0.1) is 22.5 Å². The molecular weight excluding hydrogens is 360 g/mol. The minimum Gasteiger partial charge on any atom is -0.316 e. The summed E-state index contributed by atoms with van der Waals surface area (Å²) >= 11 is 0. The van der Waals surface area contributed by atoms with Gasteiger partial charge in [0.15, 0.2) is 5.78 Å². The van der Waals surface area contributed by atoms with Crippen molar-refractivity contribution in [3.63, 3.8) is 0 Å². The van der Waals surface area contributed by atoms with Crippen molar-refractivity contribution in [3.05, 3.63) is 51.3 Å². The van der Waals surface area contributed by atoms with Gasteiger partial charge in [-0.25, -0.2) is 0 Å². The second kappa shape index (κ2) is 5.75. The van der Waals surface area contributed by atoms with Crippen LogP contribution in [0.15, 0.2) is 29.2 Å². The first-order valence-electron chi connectivity index (χ1n) is 7.92. The number of nitro benzene ring substituents is 1. The Morgan fingerprint density at radius 3 is 2.27 bits per heavy atom. The molecule has 1 heterocycles. The molecule has 0 spiro atoms. The van der Waals surface area contributed by atoms with Gasteiger partial charge in [-0.15, -0.1) is 0 Å². The van der Waals surface area contributed by atoms with Crippen molar-refractivity contribution >= 4 is 21.6 Å². The van der Waals surface area contributed by atoms with Crippen molar-refractivity contribution in [3.8, 4) is 5.69 Å². The molecule has 0 fully saturated rings. The fourth-order valence-corrected chi connectivity index (χ4v) is 4.56. The van der Waals surface area contributed by atoms with Crippen LogP contribution in [0.2, 0.25) is 0 Å². The van der Waals surface area contributed by atoms with Crippen LogP contribution in [0.4, 0.5) is 5.69 Å². The molecular formula is C17H18N2O6S. The summed E-state index contributed by atoms with van der Waals surface area (Å²) in [6.07, 6.45) is 0.605. The normalized spacial score (nSPS) is 16.4. The zero-order valence-electron chi connectivity index (χ0n) is 14.5. The van der Waals surface area contributed by atoms with Gasteiger partial charge in [0.05, 0.1) is 10.5 Å². The van der Waals surface area contributed by atoms with E-state index in [9.17, 15) is 27.9 Å². The molecule has 2 aromatic rings. The molecule has 0 amide bonds. The summed E-state index contributed by atoms with van der Waals surface area (Å²) < 4.78 is 35.1. The topological polar surface area (TPSA) is 120 Å². The summed E-state index contributed by atoms with van der Waals surface area (Å²) in [6, 6.07) is 5.60. The summed E-state index contributed by atoms with van der Waals surface area (Å²) in [5.41, 5.74) is 0.734. The number of nitro groups is 1. The number of nitrogens with zero attached hydrogens (tertiary/aromatic N) is 2. The molecule has 1 N–H and O–H groups in total. The molecule has 0 aliphatic heterocycles. The monoisotopic (exact) mass is 378 g/mol. The molecule has 0 saturated carbocycles. The highest BCUT2D eigenvalue weighted by Crippen LogP contribution is 2.41. The van der Waals surface area contributed by atoms with E-state index in [0.717, 1.165) is 0 Å². The smallest absolute Gasteiger partial charge is 0.297 e. The minimum atomic E-state index is -4.60. The van der Waals surface area contributed by atoms with Crippen LogP contribution in [0.25, 0.3) is 5.69 Å². The SMILES string of the molecule is Cc1c(S(=O)(=O)O)c2c(n1-c1ccc([N+](=O)[O-])cc1)CC(C)(C)CC2=O. The number of rotatable bonds is 3. The Morgan fingerprint density at radius 1 is 1.19 bits per heavy atom. The maximum atomic E-state index is 12.6. The Morgan fingerprint density at radius 2 is 1.77 bits per heavy atom. The quantitative estimate of drug-likeness (QED) is 0.498. The first kappa shape index (κ1) is 18.3. The molecule has 138 valence electrons. The van der Waals surface area contributed by atoms with Crippen LogP contribution >= 0.6 is 0 Å². The van der Waals surface area contributed by atoms with Gasteiger partial charge in [-0.3, -0.25) is 19.5 Å². The standard InChI is InChI=1S/C17H18N2O6S/c1-10-16(26(23,24)25)15-13(8-17(2,3)9-14(15)20)18(10)11-4-6-12(7-5-11)19(21)22/h4-7H,8-9H2,1-3H3,(H,23,24,25). The number of hydrogen-bond donors (Lipinski definition) is 1. The third kappa shape index (κ3) is 2.93. The van der Waals surface area contributed by atoms with Crippen LogP contribution < -0.4 is 0 Å². The summed E-state index contributed by atoms with van der Waals surface area (Å²) in [5, 5.41) is 10.9. The molecule has 1 aromatic heterocycles. The van der Waals surface area contributed by atoms with Gasteiger partial charge in [0.25, 0.3) is 15.8 Å². The summed E-state index contributed by atoms with van der Waals surface area (Å²) in [7, 11) is -4.60. The molecule has 0 unspecified atom stereocenters. The highest BCUT2D eigenvalue weighted by Gasteiger charge is 2.40. The zero-order valence-corrected chi connectivity index (χ0v) is 15.3. The largest absolute Gasteiger partial charge is 0.316 e. The molecule has 0 bridgehead atoms. The molecule has 1 aliphatic carbocycles. The molecule has 9 heteroatoms. The average molecular weight is 378 g/mol. The van der Waals surface area contributed by atoms with Crippen LogP contribution in [-0.2, 0) is 16.5 Å². The van der Waals surface area contributed by atoms with Gasteiger partial charge < -0.3 is 4.57 Å². The van der Waals surface area contributed by atoms with Gasteiger partial charge in [-0.2, -0.15) is 8.42 Å². The maximum absolute atomic E-state index is 12.6. The number of aromatic nitrogens is 1. The first-order chi connectivity index (χ1) is 11.9. The number of ketones is 1. The maximum Gasteiger partial charge on any atom is 0.297 e. The first-order valence-corrected chi connectivity index (χ1v) is 9.36. The van der Waals surface area contributed by atoms with Crippen molar-refractivity contribution in [1.29, 1.82) is 0 Å². The predicted octanol–water partition coefficient (Wildman–Crippen LogP) is 3.10. The van der Waals surface area contributed by atoms with Crippen molar-refractivity contribution in [1.82, 2.24) is 4.57 Å². The van der Waals surface area contributed by atoms with Crippen LogP contribution in [0.3, 0.4) is 0 Å². The number of hydrogen-bond acceptors (Lipinski definition) is 5. The van der Waals surface area contributed by atoms with Gasteiger partial charge in [0, 0.05) is 35.6 Å². The fourth-order valence-electron chi connectivity index (χ4n) is 3.61. The van der Waals surface area contributed by atoms with E-state index in [1.165, 1.54) is 31.2 Å². The van der Waals surface area contributed by atoms with Crippen LogP contribution in [0.5, 0.6) is 0 Å². The highest BCUT2D eigenvalue weighted by atomic mass is 32.2. The van der Waals surface area contributed by atoms with Crippen LogP contribution in [0.1, 0.15) is 42.0 Å². The molecule has 26 heavy (non-hydrogen) atoms. The lowest BCUT2D eigenvalue weighted by atomic mass is 9.76. The van der Waals surface area contributed by atoms with E-state index >= 15 is 0 Å². The lowest BCUT2D eigenvalue weighted by Crippen LogP contribution is -2.28. The van der Waals surface area contributed by atoms with E-state index in [-0.39, 0.29) is 39.5 Å². The summed E-state index contributed by atoms with van der Waals surface area (Å²) in [4.78, 5) is 22.6. The number of fused-ring (bicyclic) bond motifs is 1. The minimum absolute atomic E-state index is 0.0164. The number of benzene rings is 1. The average Bonchev–Trinajstić information content (AvgIpc) is 2.78. The molecule has 1 aromatic carbocycles. The molecule has 1 aliphatic rings. The molecule has 0 radical (unpaired) electrons. The second-order valence-corrected chi connectivity index (χ2v) is 8.62. The van der Waals surface area contributed by atoms with E-state index in [1.54, 1.807) is 4.57 Å². The van der Waals surface area contributed by atoms with Gasteiger partial charge in [-0.1, -0.05) is 13.8 Å². The van der Waals surface area contributed by atoms with Crippen molar-refractivity contribution in [2.24, 2.45) is 5.41 Å². The Bertz CT molecular complexity index is 1030. The molecule has 0 saturated heterocycles. The number of non-ortho nitro benzene ring substituents is 1. The van der Waals surface area contributed by atoms with Crippen molar-refractivity contribution in [2.75, 3.05) is 0 Å². The van der Waals surface area contributed by atoms with Gasteiger partial charge in [-0.05, 0) is 30.9 Å². The fraction of sp³-hybridized carbons (Fsp3) is 0.353. The lowest BCUT2D eigenvalue weighted by Gasteiger charge is -2.30. The molecule has 3 rings (SSSR count). The molecule has 0 atom stereocenters. The lowest BCUT2D eigenvalue weighted by molar-refractivity contribution is -0.384.